The number of carbonyl (C=O) groups excluding carboxylic acids is 2. The van der Waals surface area contributed by atoms with E-state index in [1.54, 1.807) is 12.3 Å². The van der Waals surface area contributed by atoms with Crippen molar-refractivity contribution in [3.05, 3.63) is 23.9 Å². The van der Waals surface area contributed by atoms with Crippen LogP contribution in [0.2, 0.25) is 0 Å². The topological polar surface area (TPSA) is 83.6 Å². The quantitative estimate of drug-likeness (QED) is 0.604. The maximum Gasteiger partial charge on any atom is 0.407 e. The molecule has 1 saturated heterocycles. The highest BCUT2D eigenvalue weighted by molar-refractivity contribution is 6.00. The van der Waals surface area contributed by atoms with Crippen LogP contribution in [0, 0.1) is 0 Å². The number of carbonyl (C=O) groups is 2. The molecular formula is C18H28N4O3. The van der Waals surface area contributed by atoms with Crippen LogP contribution in [0.4, 0.5) is 10.6 Å². The average molecular weight is 348 g/mol. The second-order valence-electron chi connectivity index (χ2n) is 7.07. The van der Waals surface area contributed by atoms with E-state index in [2.05, 4.69) is 20.5 Å². The number of alkyl carbamates (subject to hydrolysis) is 1. The van der Waals surface area contributed by atoms with E-state index in [9.17, 15) is 9.59 Å². The molecule has 0 spiro atoms. The van der Waals surface area contributed by atoms with Crippen molar-refractivity contribution >= 4 is 17.7 Å². The largest absolute Gasteiger partial charge is 0.444 e. The Hall–Kier alpha value is -2.15. The molecule has 0 saturated carbocycles. The number of nitrogens with one attached hydrogen (secondary N) is 2. The van der Waals surface area contributed by atoms with Gasteiger partial charge in [-0.1, -0.05) is 0 Å². The van der Waals surface area contributed by atoms with E-state index in [0.717, 1.165) is 32.0 Å². The van der Waals surface area contributed by atoms with Gasteiger partial charge in [0.1, 0.15) is 11.4 Å². The number of amides is 1. The zero-order valence-corrected chi connectivity index (χ0v) is 15.3. The van der Waals surface area contributed by atoms with Crippen LogP contribution in [-0.2, 0) is 4.74 Å². The number of Topliss-reactive ketones (excluding diaryl/α,β-unsaturated/α-hetero) is 1. The number of ketones is 1. The summed E-state index contributed by atoms with van der Waals surface area (Å²) in [5.74, 6) is 0.807. The number of hydrogen-bond donors (Lipinski definition) is 2. The third-order valence-corrected chi connectivity index (χ3v) is 3.75. The van der Waals surface area contributed by atoms with Crippen LogP contribution in [0.25, 0.3) is 0 Å². The van der Waals surface area contributed by atoms with Crippen molar-refractivity contribution in [2.75, 3.05) is 37.6 Å². The van der Waals surface area contributed by atoms with Crippen LogP contribution in [0.15, 0.2) is 18.3 Å². The lowest BCUT2D eigenvalue weighted by Gasteiger charge is -2.29. The van der Waals surface area contributed by atoms with Crippen LogP contribution < -0.4 is 15.5 Å². The summed E-state index contributed by atoms with van der Waals surface area (Å²) in [5, 5.41) is 5.97. The minimum atomic E-state index is -0.520. The molecule has 2 N–H and O–H groups in total. The normalized spacial score (nSPS) is 14.9. The molecule has 0 aromatic carbocycles. The molecule has 25 heavy (non-hydrogen) atoms. The zero-order chi connectivity index (χ0) is 18.3. The summed E-state index contributed by atoms with van der Waals surface area (Å²) < 4.78 is 5.17. The molecule has 7 nitrogen and oxygen atoms in total. The number of rotatable bonds is 6. The van der Waals surface area contributed by atoms with Gasteiger partial charge in [-0.25, -0.2) is 9.78 Å². The van der Waals surface area contributed by atoms with Gasteiger partial charge in [0.05, 0.1) is 5.56 Å². The van der Waals surface area contributed by atoms with E-state index >= 15 is 0 Å². The van der Waals surface area contributed by atoms with Crippen LogP contribution in [0.5, 0.6) is 0 Å². The molecule has 0 unspecified atom stereocenters. The lowest BCUT2D eigenvalue weighted by atomic mass is 10.1. The first kappa shape index (κ1) is 19.2. The van der Waals surface area contributed by atoms with Crippen molar-refractivity contribution in [3.8, 4) is 0 Å². The highest BCUT2D eigenvalue weighted by atomic mass is 16.6. The number of ether oxygens (including phenoxy) is 1. The molecule has 0 radical (unpaired) electrons. The molecule has 7 heteroatoms. The predicted octanol–water partition coefficient (Wildman–Crippen LogP) is 1.98. The zero-order valence-electron chi connectivity index (χ0n) is 15.3. The van der Waals surface area contributed by atoms with Crippen molar-refractivity contribution < 1.29 is 14.3 Å². The third-order valence-electron chi connectivity index (χ3n) is 3.75. The Morgan fingerprint density at radius 3 is 2.72 bits per heavy atom. The van der Waals surface area contributed by atoms with E-state index in [4.69, 9.17) is 4.74 Å². The van der Waals surface area contributed by atoms with Crippen molar-refractivity contribution in [1.29, 1.82) is 0 Å². The summed E-state index contributed by atoms with van der Waals surface area (Å²) in [6.45, 7) is 9.33. The Kier molecular flexibility index (Phi) is 6.75. The van der Waals surface area contributed by atoms with Gasteiger partial charge in [0.15, 0.2) is 5.78 Å². The monoisotopic (exact) mass is 348 g/mol. The van der Waals surface area contributed by atoms with Gasteiger partial charge < -0.3 is 20.3 Å². The van der Waals surface area contributed by atoms with Gasteiger partial charge in [0.25, 0.3) is 0 Å². The fourth-order valence-corrected chi connectivity index (χ4v) is 2.63. The SMILES string of the molecule is CC(C)(C)OC(=O)NCCCC(=O)c1cccnc1N1CCNCC1. The van der Waals surface area contributed by atoms with Gasteiger partial charge in [-0.2, -0.15) is 0 Å². The third kappa shape index (κ3) is 6.34. The molecule has 0 bridgehead atoms. The summed E-state index contributed by atoms with van der Waals surface area (Å²) in [7, 11) is 0. The molecule has 2 rings (SSSR count). The van der Waals surface area contributed by atoms with Crippen molar-refractivity contribution in [2.45, 2.75) is 39.2 Å². The van der Waals surface area contributed by atoms with Gasteiger partial charge in [-0.3, -0.25) is 4.79 Å². The Balaban J connectivity index is 1.84. The van der Waals surface area contributed by atoms with Gasteiger partial charge >= 0.3 is 6.09 Å². The molecule has 0 atom stereocenters. The van der Waals surface area contributed by atoms with E-state index in [-0.39, 0.29) is 5.78 Å². The Bertz CT molecular complexity index is 592. The summed E-state index contributed by atoms with van der Waals surface area (Å²) in [6.07, 6.45) is 2.19. The molecule has 0 aliphatic carbocycles. The van der Waals surface area contributed by atoms with Crippen molar-refractivity contribution in [2.24, 2.45) is 0 Å². The lowest BCUT2D eigenvalue weighted by molar-refractivity contribution is 0.0525. The van der Waals surface area contributed by atoms with Gasteiger partial charge in [-0.05, 0) is 39.3 Å². The maximum absolute atomic E-state index is 12.6. The number of pyridine rings is 1. The maximum atomic E-state index is 12.6. The summed E-state index contributed by atoms with van der Waals surface area (Å²) in [6, 6.07) is 3.62. The summed E-state index contributed by atoms with van der Waals surface area (Å²) in [5.41, 5.74) is 0.134. The molecule has 2 heterocycles. The number of piperazine rings is 1. The molecule has 1 fully saturated rings. The fraction of sp³-hybridized carbons (Fsp3) is 0.611. The Labute approximate surface area is 149 Å². The number of nitrogens with zero attached hydrogens (tertiary/aromatic N) is 2. The predicted molar refractivity (Wildman–Crippen MR) is 97.1 cm³/mol. The Morgan fingerprint density at radius 2 is 2.04 bits per heavy atom. The van der Waals surface area contributed by atoms with E-state index < -0.39 is 11.7 Å². The minimum absolute atomic E-state index is 0.0487. The average Bonchev–Trinajstić information content (AvgIpc) is 2.58. The fourth-order valence-electron chi connectivity index (χ4n) is 2.63. The number of anilines is 1. The molecule has 1 aliphatic heterocycles. The molecular weight excluding hydrogens is 320 g/mol. The second-order valence-corrected chi connectivity index (χ2v) is 7.07. The molecule has 1 aliphatic rings. The van der Waals surface area contributed by atoms with Gasteiger partial charge in [0, 0.05) is 45.3 Å². The molecule has 1 aromatic heterocycles. The molecule has 1 amide bonds. The number of aromatic nitrogens is 1. The van der Waals surface area contributed by atoms with Gasteiger partial charge in [0.2, 0.25) is 0 Å². The van der Waals surface area contributed by atoms with Crippen LogP contribution in [-0.4, -0.2) is 55.2 Å². The smallest absolute Gasteiger partial charge is 0.407 e. The summed E-state index contributed by atoms with van der Waals surface area (Å²) in [4.78, 5) is 30.7. The summed E-state index contributed by atoms with van der Waals surface area (Å²) >= 11 is 0. The highest BCUT2D eigenvalue weighted by Crippen LogP contribution is 2.19. The van der Waals surface area contributed by atoms with E-state index in [1.165, 1.54) is 0 Å². The second kappa shape index (κ2) is 8.80. The van der Waals surface area contributed by atoms with Crippen LogP contribution >= 0.6 is 0 Å². The molecule has 138 valence electrons. The number of hydrogen-bond acceptors (Lipinski definition) is 6. The van der Waals surface area contributed by atoms with Crippen molar-refractivity contribution in [3.63, 3.8) is 0 Å². The lowest BCUT2D eigenvalue weighted by Crippen LogP contribution is -2.44. The first-order valence-corrected chi connectivity index (χ1v) is 8.77. The first-order chi connectivity index (χ1) is 11.9. The Morgan fingerprint density at radius 1 is 1.32 bits per heavy atom. The highest BCUT2D eigenvalue weighted by Gasteiger charge is 2.19. The van der Waals surface area contributed by atoms with Crippen LogP contribution in [0.3, 0.4) is 0 Å². The van der Waals surface area contributed by atoms with Crippen molar-refractivity contribution in [1.82, 2.24) is 15.6 Å². The minimum Gasteiger partial charge on any atom is -0.444 e. The first-order valence-electron chi connectivity index (χ1n) is 8.77. The molecule has 1 aromatic rings. The van der Waals surface area contributed by atoms with Gasteiger partial charge in [-0.15, -0.1) is 0 Å². The van der Waals surface area contributed by atoms with E-state index in [0.29, 0.717) is 24.9 Å². The standard InChI is InChI=1S/C18H28N4O3/c1-18(2,3)25-17(24)21-9-5-7-15(23)14-6-4-8-20-16(14)22-12-10-19-11-13-22/h4,6,8,19H,5,7,9-13H2,1-3H3,(H,21,24). The van der Waals surface area contributed by atoms with E-state index in [1.807, 2.05) is 26.8 Å². The van der Waals surface area contributed by atoms with Crippen LogP contribution in [0.1, 0.15) is 44.0 Å².